The number of carboxylic acids is 1. The van der Waals surface area contributed by atoms with Gasteiger partial charge in [-0.3, -0.25) is 9.88 Å². The Labute approximate surface area is 151 Å². The Morgan fingerprint density at radius 2 is 2.23 bits per heavy atom. The number of hydrogen-bond acceptors (Lipinski definition) is 4. The van der Waals surface area contributed by atoms with Gasteiger partial charge >= 0.3 is 5.97 Å². The molecular formula is C20H22N4O2. The number of hydrogen-bond donors (Lipinski definition) is 2. The molecule has 134 valence electrons. The van der Waals surface area contributed by atoms with E-state index in [1.54, 1.807) is 18.3 Å². The lowest BCUT2D eigenvalue weighted by atomic mass is 9.97. The van der Waals surface area contributed by atoms with Crippen LogP contribution in [0.2, 0.25) is 0 Å². The molecule has 1 saturated heterocycles. The first-order valence-corrected chi connectivity index (χ1v) is 8.96. The highest BCUT2D eigenvalue weighted by atomic mass is 16.4. The number of carbonyl (C=O) groups is 1. The van der Waals surface area contributed by atoms with Crippen molar-refractivity contribution in [3.05, 3.63) is 59.2 Å². The Kier molecular flexibility index (Phi) is 4.42. The van der Waals surface area contributed by atoms with E-state index in [0.29, 0.717) is 18.2 Å². The van der Waals surface area contributed by atoms with Crippen LogP contribution in [-0.4, -0.2) is 44.0 Å². The molecule has 2 aromatic heterocycles. The molecule has 4 rings (SSSR count). The van der Waals surface area contributed by atoms with Crippen LogP contribution in [0.1, 0.15) is 46.2 Å². The molecule has 0 bridgehead atoms. The van der Waals surface area contributed by atoms with Crippen molar-refractivity contribution in [2.45, 2.75) is 32.2 Å². The first kappa shape index (κ1) is 16.7. The molecule has 0 amide bonds. The van der Waals surface area contributed by atoms with E-state index in [4.69, 9.17) is 4.98 Å². The first-order chi connectivity index (χ1) is 12.6. The van der Waals surface area contributed by atoms with Crippen molar-refractivity contribution < 1.29 is 9.90 Å². The smallest absolute Gasteiger partial charge is 0.337 e. The van der Waals surface area contributed by atoms with Gasteiger partial charge in [-0.15, -0.1) is 0 Å². The average Bonchev–Trinajstić information content (AvgIpc) is 3.08. The van der Waals surface area contributed by atoms with Gasteiger partial charge in [-0.05, 0) is 50.1 Å². The lowest BCUT2D eigenvalue weighted by Crippen LogP contribution is -2.35. The van der Waals surface area contributed by atoms with Gasteiger partial charge in [0.15, 0.2) is 0 Å². The van der Waals surface area contributed by atoms with E-state index >= 15 is 0 Å². The molecule has 1 aliphatic rings. The first-order valence-electron chi connectivity index (χ1n) is 8.96. The van der Waals surface area contributed by atoms with Crippen LogP contribution in [0.3, 0.4) is 0 Å². The van der Waals surface area contributed by atoms with Crippen LogP contribution < -0.4 is 0 Å². The maximum absolute atomic E-state index is 11.4. The van der Waals surface area contributed by atoms with E-state index in [1.165, 1.54) is 5.56 Å². The van der Waals surface area contributed by atoms with Crippen LogP contribution in [0.25, 0.3) is 11.0 Å². The number of para-hydroxylation sites is 1. The van der Waals surface area contributed by atoms with Crippen LogP contribution in [0.4, 0.5) is 0 Å². The summed E-state index contributed by atoms with van der Waals surface area (Å²) < 4.78 is 0. The number of fused-ring (bicyclic) bond motifs is 1. The van der Waals surface area contributed by atoms with Crippen LogP contribution in [0, 0.1) is 6.92 Å². The number of carboxylic acid groups (broad SMARTS) is 1. The van der Waals surface area contributed by atoms with E-state index in [9.17, 15) is 9.90 Å². The number of pyridine rings is 1. The van der Waals surface area contributed by atoms with Crippen LogP contribution in [0.15, 0.2) is 36.5 Å². The summed E-state index contributed by atoms with van der Waals surface area (Å²) in [5.41, 5.74) is 4.21. The molecule has 0 spiro atoms. The standard InChI is InChI=1S/C20H22N4O2/c1-13-5-2-8-16-18(13)23-19(22-16)14-6-4-10-24(11-14)12-17-15(20(25)26)7-3-9-21-17/h2-3,5,7-9,14H,4,6,10-12H2,1H3,(H,22,23)(H,25,26)/t14-/m1/s1. The molecule has 1 fully saturated rings. The van der Waals surface area contributed by atoms with Gasteiger partial charge in [0.05, 0.1) is 22.3 Å². The number of aromatic carboxylic acids is 1. The number of aromatic amines is 1. The number of imidazole rings is 1. The van der Waals surface area contributed by atoms with Crippen molar-refractivity contribution in [2.24, 2.45) is 0 Å². The monoisotopic (exact) mass is 350 g/mol. The highest BCUT2D eigenvalue weighted by Crippen LogP contribution is 2.28. The zero-order chi connectivity index (χ0) is 18.1. The second-order valence-electron chi connectivity index (χ2n) is 6.97. The normalized spacial score (nSPS) is 18.3. The number of rotatable bonds is 4. The van der Waals surface area contributed by atoms with Gasteiger partial charge in [0.25, 0.3) is 0 Å². The summed E-state index contributed by atoms with van der Waals surface area (Å²) in [4.78, 5) is 26.3. The maximum Gasteiger partial charge on any atom is 0.337 e. The largest absolute Gasteiger partial charge is 0.478 e. The van der Waals surface area contributed by atoms with Gasteiger partial charge < -0.3 is 10.1 Å². The van der Waals surface area contributed by atoms with E-state index in [1.807, 2.05) is 6.07 Å². The van der Waals surface area contributed by atoms with Crippen molar-refractivity contribution in [2.75, 3.05) is 13.1 Å². The van der Waals surface area contributed by atoms with Crippen molar-refractivity contribution >= 4 is 17.0 Å². The summed E-state index contributed by atoms with van der Waals surface area (Å²) in [7, 11) is 0. The van der Waals surface area contributed by atoms with E-state index in [0.717, 1.165) is 42.8 Å². The predicted molar refractivity (Wildman–Crippen MR) is 99.3 cm³/mol. The molecule has 3 aromatic rings. The summed E-state index contributed by atoms with van der Waals surface area (Å²) in [6.45, 7) is 4.44. The van der Waals surface area contributed by atoms with Crippen LogP contribution in [0.5, 0.6) is 0 Å². The topological polar surface area (TPSA) is 82.1 Å². The Morgan fingerprint density at radius 3 is 3.04 bits per heavy atom. The number of aryl methyl sites for hydroxylation is 1. The van der Waals surface area contributed by atoms with E-state index in [-0.39, 0.29) is 5.56 Å². The third-order valence-corrected chi connectivity index (χ3v) is 5.12. The number of aromatic nitrogens is 3. The fourth-order valence-electron chi connectivity index (χ4n) is 3.78. The van der Waals surface area contributed by atoms with E-state index < -0.39 is 5.97 Å². The summed E-state index contributed by atoms with van der Waals surface area (Å²) >= 11 is 0. The number of nitrogens with one attached hydrogen (secondary N) is 1. The zero-order valence-corrected chi connectivity index (χ0v) is 14.8. The molecule has 1 atom stereocenters. The van der Waals surface area contributed by atoms with Gasteiger partial charge in [-0.25, -0.2) is 9.78 Å². The second-order valence-corrected chi connectivity index (χ2v) is 6.97. The number of likely N-dealkylation sites (tertiary alicyclic amines) is 1. The Morgan fingerprint density at radius 1 is 1.35 bits per heavy atom. The lowest BCUT2D eigenvalue weighted by Gasteiger charge is -2.31. The third kappa shape index (κ3) is 3.20. The summed E-state index contributed by atoms with van der Waals surface area (Å²) in [6.07, 6.45) is 3.81. The number of nitrogens with zero attached hydrogens (tertiary/aromatic N) is 3. The fraction of sp³-hybridized carbons (Fsp3) is 0.350. The molecule has 0 aliphatic carbocycles. The molecule has 3 heterocycles. The molecule has 6 nitrogen and oxygen atoms in total. The molecule has 0 radical (unpaired) electrons. The molecule has 6 heteroatoms. The minimum Gasteiger partial charge on any atom is -0.478 e. The quantitative estimate of drug-likeness (QED) is 0.754. The van der Waals surface area contributed by atoms with Gasteiger partial charge in [0.2, 0.25) is 0 Å². The second kappa shape index (κ2) is 6.88. The predicted octanol–water partition coefficient (Wildman–Crippen LogP) is 3.34. The Balaban J connectivity index is 1.54. The Hall–Kier alpha value is -2.73. The minimum absolute atomic E-state index is 0.286. The van der Waals surface area contributed by atoms with Gasteiger partial charge in [-0.1, -0.05) is 12.1 Å². The number of H-pyrrole nitrogens is 1. The van der Waals surface area contributed by atoms with E-state index in [2.05, 4.69) is 33.9 Å². The molecular weight excluding hydrogens is 328 g/mol. The molecule has 0 unspecified atom stereocenters. The summed E-state index contributed by atoms with van der Waals surface area (Å²) in [6, 6.07) is 9.47. The SMILES string of the molecule is Cc1cccc2[nH]c([C@@H]3CCCN(Cc4ncccc4C(=O)O)C3)nc12. The molecule has 26 heavy (non-hydrogen) atoms. The van der Waals surface area contributed by atoms with Crippen molar-refractivity contribution in [1.29, 1.82) is 0 Å². The van der Waals surface area contributed by atoms with Crippen molar-refractivity contribution in [3.8, 4) is 0 Å². The fourth-order valence-corrected chi connectivity index (χ4v) is 3.78. The number of piperidine rings is 1. The highest BCUT2D eigenvalue weighted by molar-refractivity contribution is 5.88. The summed E-state index contributed by atoms with van der Waals surface area (Å²) in [5.74, 6) is 0.431. The molecule has 2 N–H and O–H groups in total. The molecule has 0 saturated carbocycles. The third-order valence-electron chi connectivity index (χ3n) is 5.12. The van der Waals surface area contributed by atoms with Crippen molar-refractivity contribution in [1.82, 2.24) is 19.9 Å². The average molecular weight is 350 g/mol. The summed E-state index contributed by atoms with van der Waals surface area (Å²) in [5, 5.41) is 9.36. The molecule has 1 aliphatic heterocycles. The lowest BCUT2D eigenvalue weighted by molar-refractivity contribution is 0.0693. The highest BCUT2D eigenvalue weighted by Gasteiger charge is 2.25. The van der Waals surface area contributed by atoms with Crippen LogP contribution in [-0.2, 0) is 6.54 Å². The van der Waals surface area contributed by atoms with Crippen molar-refractivity contribution in [3.63, 3.8) is 0 Å². The minimum atomic E-state index is -0.922. The van der Waals surface area contributed by atoms with Gasteiger partial charge in [-0.2, -0.15) is 0 Å². The Bertz CT molecular complexity index is 950. The van der Waals surface area contributed by atoms with Gasteiger partial charge in [0, 0.05) is 25.2 Å². The molecule has 1 aromatic carbocycles. The van der Waals surface area contributed by atoms with Gasteiger partial charge in [0.1, 0.15) is 5.82 Å². The van der Waals surface area contributed by atoms with Crippen LogP contribution >= 0.6 is 0 Å². The zero-order valence-electron chi connectivity index (χ0n) is 14.8. The maximum atomic E-state index is 11.4. The number of benzene rings is 1.